The van der Waals surface area contributed by atoms with Crippen LogP contribution in [0.3, 0.4) is 0 Å². The lowest BCUT2D eigenvalue weighted by atomic mass is 10.4. The lowest BCUT2D eigenvalue weighted by Crippen LogP contribution is -2.13. The van der Waals surface area contributed by atoms with Crippen LogP contribution in [-0.2, 0) is 23.1 Å². The summed E-state index contributed by atoms with van der Waals surface area (Å²) in [5.41, 5.74) is 0. The van der Waals surface area contributed by atoms with Gasteiger partial charge in [0.25, 0.3) is 0 Å². The molecule has 0 amide bonds. The Bertz CT molecular complexity index is 231. The standard InChI is InChI=1S/C10H21O5P/c1-4-7-8-13-10(11)9-16(12,14-5-2)15-6-3/h4-9H2,1-3H3. The van der Waals surface area contributed by atoms with Crippen LogP contribution in [0.1, 0.15) is 33.6 Å². The highest BCUT2D eigenvalue weighted by molar-refractivity contribution is 7.54. The van der Waals surface area contributed by atoms with Crippen LogP contribution in [0.2, 0.25) is 0 Å². The lowest BCUT2D eigenvalue weighted by molar-refractivity contribution is -0.140. The van der Waals surface area contributed by atoms with Gasteiger partial charge >= 0.3 is 13.6 Å². The van der Waals surface area contributed by atoms with Gasteiger partial charge in [-0.2, -0.15) is 0 Å². The maximum Gasteiger partial charge on any atom is 0.341 e. The molecule has 5 nitrogen and oxygen atoms in total. The molecule has 0 rings (SSSR count). The van der Waals surface area contributed by atoms with E-state index in [1.807, 2.05) is 6.92 Å². The van der Waals surface area contributed by atoms with Crippen LogP contribution < -0.4 is 0 Å². The Morgan fingerprint density at radius 3 is 2.12 bits per heavy atom. The Morgan fingerprint density at radius 1 is 1.12 bits per heavy atom. The van der Waals surface area contributed by atoms with Gasteiger partial charge in [-0.05, 0) is 20.3 Å². The normalized spacial score (nSPS) is 11.4. The molecule has 0 aliphatic carbocycles. The summed E-state index contributed by atoms with van der Waals surface area (Å²) in [7, 11) is -3.30. The highest BCUT2D eigenvalue weighted by atomic mass is 31.2. The predicted molar refractivity (Wildman–Crippen MR) is 61.6 cm³/mol. The van der Waals surface area contributed by atoms with Gasteiger partial charge in [0, 0.05) is 0 Å². The van der Waals surface area contributed by atoms with Crippen LogP contribution >= 0.6 is 7.60 Å². The lowest BCUT2D eigenvalue weighted by Gasteiger charge is -2.15. The molecular weight excluding hydrogens is 231 g/mol. The van der Waals surface area contributed by atoms with Crippen LogP contribution in [0, 0.1) is 0 Å². The van der Waals surface area contributed by atoms with Crippen molar-refractivity contribution < 1.29 is 23.1 Å². The van der Waals surface area contributed by atoms with Crippen LogP contribution in [-0.4, -0.2) is 32.0 Å². The molecule has 0 aliphatic heterocycles. The number of hydrogen-bond acceptors (Lipinski definition) is 5. The molecule has 0 radical (unpaired) electrons. The Morgan fingerprint density at radius 2 is 1.69 bits per heavy atom. The van der Waals surface area contributed by atoms with Gasteiger partial charge in [-0.25, -0.2) is 0 Å². The maximum absolute atomic E-state index is 11.9. The number of unbranched alkanes of at least 4 members (excludes halogenated alkanes) is 1. The summed E-state index contributed by atoms with van der Waals surface area (Å²) in [5, 5.41) is 0. The van der Waals surface area contributed by atoms with Gasteiger partial charge in [0.15, 0.2) is 0 Å². The first-order valence-corrected chi connectivity index (χ1v) is 7.34. The van der Waals surface area contributed by atoms with E-state index < -0.39 is 13.6 Å². The van der Waals surface area contributed by atoms with E-state index in [2.05, 4.69) is 0 Å². The average molecular weight is 252 g/mol. The van der Waals surface area contributed by atoms with Crippen molar-refractivity contribution in [1.29, 1.82) is 0 Å². The monoisotopic (exact) mass is 252 g/mol. The van der Waals surface area contributed by atoms with E-state index in [-0.39, 0.29) is 19.4 Å². The van der Waals surface area contributed by atoms with E-state index in [1.54, 1.807) is 13.8 Å². The van der Waals surface area contributed by atoms with Crippen molar-refractivity contribution in [2.45, 2.75) is 33.6 Å². The minimum absolute atomic E-state index is 0.250. The molecule has 0 atom stereocenters. The molecule has 0 saturated heterocycles. The van der Waals surface area contributed by atoms with E-state index in [9.17, 15) is 9.36 Å². The van der Waals surface area contributed by atoms with E-state index in [1.165, 1.54) is 0 Å². The Hall–Kier alpha value is -0.380. The van der Waals surface area contributed by atoms with E-state index in [0.29, 0.717) is 6.61 Å². The number of carbonyl (C=O) groups excluding carboxylic acids is 1. The molecule has 0 aromatic heterocycles. The van der Waals surface area contributed by atoms with Gasteiger partial charge in [-0.3, -0.25) is 9.36 Å². The van der Waals surface area contributed by atoms with Crippen LogP contribution in [0.15, 0.2) is 0 Å². The third-order valence-corrected chi connectivity index (χ3v) is 3.68. The van der Waals surface area contributed by atoms with Gasteiger partial charge < -0.3 is 13.8 Å². The fourth-order valence-electron chi connectivity index (χ4n) is 1.06. The molecule has 0 N–H and O–H groups in total. The molecule has 0 bridgehead atoms. The second-order valence-corrected chi connectivity index (χ2v) is 5.23. The van der Waals surface area contributed by atoms with Crippen molar-refractivity contribution in [1.82, 2.24) is 0 Å². The summed E-state index contributed by atoms with van der Waals surface area (Å²) < 4.78 is 26.8. The van der Waals surface area contributed by atoms with Crippen LogP contribution in [0.4, 0.5) is 0 Å². The number of rotatable bonds is 9. The third-order valence-electron chi connectivity index (χ3n) is 1.74. The zero-order chi connectivity index (χ0) is 12.4. The topological polar surface area (TPSA) is 61.8 Å². The number of ether oxygens (including phenoxy) is 1. The van der Waals surface area contributed by atoms with Crippen molar-refractivity contribution >= 4 is 13.6 Å². The molecule has 16 heavy (non-hydrogen) atoms. The van der Waals surface area contributed by atoms with Crippen molar-refractivity contribution in [2.75, 3.05) is 26.0 Å². The molecule has 0 aliphatic rings. The fraction of sp³-hybridized carbons (Fsp3) is 0.900. The smallest absolute Gasteiger partial charge is 0.341 e. The predicted octanol–water partition coefficient (Wildman–Crippen LogP) is 2.60. The minimum Gasteiger partial charge on any atom is -0.465 e. The highest BCUT2D eigenvalue weighted by Gasteiger charge is 2.28. The van der Waals surface area contributed by atoms with Gasteiger partial charge in [-0.15, -0.1) is 0 Å². The number of carbonyl (C=O) groups is 1. The first kappa shape index (κ1) is 15.6. The third kappa shape index (κ3) is 6.99. The second kappa shape index (κ2) is 8.74. The van der Waals surface area contributed by atoms with E-state index >= 15 is 0 Å². The molecule has 0 spiro atoms. The highest BCUT2D eigenvalue weighted by Crippen LogP contribution is 2.47. The van der Waals surface area contributed by atoms with Gasteiger partial charge in [0.05, 0.1) is 19.8 Å². The van der Waals surface area contributed by atoms with E-state index in [4.69, 9.17) is 13.8 Å². The maximum atomic E-state index is 11.9. The number of hydrogen-bond donors (Lipinski definition) is 0. The van der Waals surface area contributed by atoms with Crippen molar-refractivity contribution in [2.24, 2.45) is 0 Å². The summed E-state index contributed by atoms with van der Waals surface area (Å²) in [6.45, 7) is 6.26. The molecule has 0 unspecified atom stereocenters. The molecule has 0 saturated carbocycles. The molecule has 0 fully saturated rings. The molecule has 0 heterocycles. The molecule has 0 aromatic carbocycles. The van der Waals surface area contributed by atoms with Crippen LogP contribution in [0.5, 0.6) is 0 Å². The Kier molecular flexibility index (Phi) is 8.53. The molecular formula is C10H21O5P. The zero-order valence-electron chi connectivity index (χ0n) is 10.2. The van der Waals surface area contributed by atoms with Crippen molar-refractivity contribution in [3.8, 4) is 0 Å². The fourth-order valence-corrected chi connectivity index (χ4v) is 2.51. The summed E-state index contributed by atoms with van der Waals surface area (Å²) >= 11 is 0. The van der Waals surface area contributed by atoms with Gasteiger partial charge in [-0.1, -0.05) is 13.3 Å². The quantitative estimate of drug-likeness (QED) is 0.358. The summed E-state index contributed by atoms with van der Waals surface area (Å²) in [5.74, 6) is -0.529. The molecule has 6 heteroatoms. The van der Waals surface area contributed by atoms with Crippen molar-refractivity contribution in [3.05, 3.63) is 0 Å². The first-order valence-electron chi connectivity index (χ1n) is 5.61. The van der Waals surface area contributed by atoms with E-state index in [0.717, 1.165) is 12.8 Å². The number of esters is 1. The van der Waals surface area contributed by atoms with Gasteiger partial charge in [0.1, 0.15) is 6.16 Å². The zero-order valence-corrected chi connectivity index (χ0v) is 11.1. The van der Waals surface area contributed by atoms with Crippen molar-refractivity contribution in [3.63, 3.8) is 0 Å². The summed E-state index contributed by atoms with van der Waals surface area (Å²) in [4.78, 5) is 11.3. The average Bonchev–Trinajstić information content (AvgIpc) is 2.18. The second-order valence-electron chi connectivity index (χ2n) is 3.18. The largest absolute Gasteiger partial charge is 0.465 e. The van der Waals surface area contributed by atoms with Crippen LogP contribution in [0.25, 0.3) is 0 Å². The SMILES string of the molecule is CCCCOC(=O)CP(=O)(OCC)OCC. The molecule has 0 aromatic rings. The molecule has 96 valence electrons. The Balaban J connectivity index is 4.07. The minimum atomic E-state index is -3.30. The summed E-state index contributed by atoms with van der Waals surface area (Å²) in [6, 6.07) is 0. The Labute approximate surface area is 97.0 Å². The van der Waals surface area contributed by atoms with Gasteiger partial charge in [0.2, 0.25) is 0 Å². The summed E-state index contributed by atoms with van der Waals surface area (Å²) in [6.07, 6.45) is 1.44. The first-order chi connectivity index (χ1) is 7.58.